The number of rotatable bonds is 7. The van der Waals surface area contributed by atoms with Crippen molar-refractivity contribution in [3.63, 3.8) is 0 Å². The van der Waals surface area contributed by atoms with Gasteiger partial charge in [-0.2, -0.15) is 0 Å². The van der Waals surface area contributed by atoms with Crippen molar-refractivity contribution < 1.29 is 23.6 Å². The van der Waals surface area contributed by atoms with Gasteiger partial charge in [-0.3, -0.25) is 19.2 Å². The van der Waals surface area contributed by atoms with E-state index in [9.17, 15) is 19.2 Å². The zero-order chi connectivity index (χ0) is 25.3. The van der Waals surface area contributed by atoms with Gasteiger partial charge in [0.05, 0.1) is 18.8 Å². The smallest absolute Gasteiger partial charge is 0.290 e. The molecule has 0 aliphatic carbocycles. The minimum absolute atomic E-state index is 0.0575. The van der Waals surface area contributed by atoms with E-state index in [4.69, 9.17) is 4.42 Å². The third-order valence-electron chi connectivity index (χ3n) is 6.65. The molecule has 4 rings (SSSR count). The van der Waals surface area contributed by atoms with Gasteiger partial charge in [0.1, 0.15) is 12.1 Å². The number of nitrogens with one attached hydrogen (secondary N) is 1. The van der Waals surface area contributed by atoms with Crippen LogP contribution in [0.1, 0.15) is 47.6 Å². The molecule has 0 saturated carbocycles. The number of carbonyl (C=O) groups excluding carboxylic acids is 4. The summed E-state index contributed by atoms with van der Waals surface area (Å²) in [5.41, 5.74) is 1.43. The Balaban J connectivity index is 1.49. The number of furan rings is 1. The number of hydrogen-bond acceptors (Lipinski definition) is 6. The van der Waals surface area contributed by atoms with Crippen LogP contribution in [0.25, 0.3) is 0 Å². The molecular formula is C26H32N4O5. The average molecular weight is 481 g/mol. The molecule has 3 amide bonds. The Labute approximate surface area is 205 Å². The first kappa shape index (κ1) is 24.5. The quantitative estimate of drug-likeness (QED) is 0.652. The number of nitrogens with zero attached hydrogens (tertiary/aromatic N) is 3. The van der Waals surface area contributed by atoms with Crippen LogP contribution in [-0.4, -0.2) is 78.6 Å². The molecule has 0 radical (unpaired) electrons. The molecule has 9 nitrogen and oxygen atoms in total. The Morgan fingerprint density at radius 1 is 1.11 bits per heavy atom. The number of carbonyl (C=O) groups is 4. The first-order valence-corrected chi connectivity index (χ1v) is 11.9. The average Bonchev–Trinajstić information content (AvgIpc) is 3.56. The zero-order valence-corrected chi connectivity index (χ0v) is 20.6. The highest BCUT2D eigenvalue weighted by atomic mass is 16.3. The van der Waals surface area contributed by atoms with E-state index in [0.717, 1.165) is 5.69 Å². The highest BCUT2D eigenvalue weighted by Gasteiger charge is 2.52. The van der Waals surface area contributed by atoms with Crippen LogP contribution in [0.2, 0.25) is 0 Å². The molecule has 2 fully saturated rings. The SMILES string of the molecule is CC(C)C[C@H](NC(=O)c1ccc(N(C)C)cc1)C(=O)N1CCC2[C@H]1C(=O)CN2C(=O)c1ccco1. The summed E-state index contributed by atoms with van der Waals surface area (Å²) in [6.45, 7) is 4.26. The summed E-state index contributed by atoms with van der Waals surface area (Å²) in [5.74, 6) is -0.820. The first-order valence-electron chi connectivity index (χ1n) is 11.9. The second-order valence-corrected chi connectivity index (χ2v) is 9.81. The van der Waals surface area contributed by atoms with Gasteiger partial charge in [0.25, 0.3) is 11.8 Å². The molecule has 35 heavy (non-hydrogen) atoms. The van der Waals surface area contributed by atoms with E-state index in [2.05, 4.69) is 5.32 Å². The Hall–Kier alpha value is -3.62. The zero-order valence-electron chi connectivity index (χ0n) is 20.6. The van der Waals surface area contributed by atoms with Gasteiger partial charge < -0.3 is 24.4 Å². The van der Waals surface area contributed by atoms with Gasteiger partial charge in [-0.05, 0) is 55.2 Å². The Kier molecular flexibility index (Phi) is 6.95. The minimum Gasteiger partial charge on any atom is -0.459 e. The van der Waals surface area contributed by atoms with Gasteiger partial charge in [0.15, 0.2) is 11.5 Å². The van der Waals surface area contributed by atoms with Crippen LogP contribution < -0.4 is 10.2 Å². The van der Waals surface area contributed by atoms with E-state index in [1.165, 1.54) is 11.2 Å². The first-order chi connectivity index (χ1) is 16.7. The number of amides is 3. The second-order valence-electron chi connectivity index (χ2n) is 9.81. The predicted octanol–water partition coefficient (Wildman–Crippen LogP) is 2.18. The van der Waals surface area contributed by atoms with Crippen molar-refractivity contribution in [2.24, 2.45) is 5.92 Å². The molecule has 1 aromatic heterocycles. The fourth-order valence-corrected chi connectivity index (χ4v) is 4.93. The molecule has 0 spiro atoms. The number of hydrogen-bond donors (Lipinski definition) is 1. The lowest BCUT2D eigenvalue weighted by atomic mass is 10.0. The number of fused-ring (bicyclic) bond motifs is 1. The van der Waals surface area contributed by atoms with E-state index in [1.807, 2.05) is 45.0 Å². The molecule has 2 aliphatic rings. The highest BCUT2D eigenvalue weighted by molar-refractivity contribution is 6.02. The van der Waals surface area contributed by atoms with Crippen LogP contribution >= 0.6 is 0 Å². The van der Waals surface area contributed by atoms with Crippen molar-refractivity contribution >= 4 is 29.2 Å². The van der Waals surface area contributed by atoms with Crippen molar-refractivity contribution in [3.05, 3.63) is 54.0 Å². The number of Topliss-reactive ketones (excluding diaryl/α,β-unsaturated/α-hetero) is 1. The van der Waals surface area contributed by atoms with Gasteiger partial charge in [0, 0.05) is 31.9 Å². The van der Waals surface area contributed by atoms with Crippen molar-refractivity contribution in [1.82, 2.24) is 15.1 Å². The van der Waals surface area contributed by atoms with Crippen LogP contribution in [0, 0.1) is 5.92 Å². The summed E-state index contributed by atoms with van der Waals surface area (Å²) >= 11 is 0. The van der Waals surface area contributed by atoms with Crippen molar-refractivity contribution in [3.8, 4) is 0 Å². The van der Waals surface area contributed by atoms with Gasteiger partial charge in [-0.1, -0.05) is 13.8 Å². The van der Waals surface area contributed by atoms with E-state index >= 15 is 0 Å². The molecule has 0 bridgehead atoms. The third-order valence-corrected chi connectivity index (χ3v) is 6.65. The molecular weight excluding hydrogens is 448 g/mol. The van der Waals surface area contributed by atoms with Crippen molar-refractivity contribution in [2.45, 2.75) is 44.8 Å². The van der Waals surface area contributed by atoms with Gasteiger partial charge in [0.2, 0.25) is 5.91 Å². The second kappa shape index (κ2) is 9.93. The number of likely N-dealkylation sites (tertiary alicyclic amines) is 2. The Morgan fingerprint density at radius 2 is 1.83 bits per heavy atom. The van der Waals surface area contributed by atoms with Crippen molar-refractivity contribution in [2.75, 3.05) is 32.1 Å². The number of ketones is 1. The topological polar surface area (TPSA) is 103 Å². The fraction of sp³-hybridized carbons (Fsp3) is 0.462. The van der Waals surface area contributed by atoms with E-state index < -0.39 is 18.1 Å². The lowest BCUT2D eigenvalue weighted by molar-refractivity contribution is -0.138. The minimum atomic E-state index is -0.766. The molecule has 2 aliphatic heterocycles. The molecule has 2 saturated heterocycles. The summed E-state index contributed by atoms with van der Waals surface area (Å²) in [4.78, 5) is 57.3. The summed E-state index contributed by atoms with van der Waals surface area (Å²) in [5, 5.41) is 2.89. The molecule has 2 aromatic rings. The van der Waals surface area contributed by atoms with Gasteiger partial charge in [-0.15, -0.1) is 0 Å². The fourth-order valence-electron chi connectivity index (χ4n) is 4.93. The summed E-state index contributed by atoms with van der Waals surface area (Å²) in [6, 6.07) is 8.49. The van der Waals surface area contributed by atoms with E-state index in [-0.39, 0.29) is 41.7 Å². The molecule has 3 heterocycles. The summed E-state index contributed by atoms with van der Waals surface area (Å²) in [7, 11) is 3.84. The lowest BCUT2D eigenvalue weighted by Crippen LogP contribution is -2.53. The number of benzene rings is 1. The summed E-state index contributed by atoms with van der Waals surface area (Å²) in [6.07, 6.45) is 2.36. The third kappa shape index (κ3) is 4.94. The molecule has 1 N–H and O–H groups in total. The maximum atomic E-state index is 13.6. The molecule has 9 heteroatoms. The Morgan fingerprint density at radius 3 is 2.43 bits per heavy atom. The number of anilines is 1. The highest BCUT2D eigenvalue weighted by Crippen LogP contribution is 2.32. The van der Waals surface area contributed by atoms with Crippen LogP contribution in [0.5, 0.6) is 0 Å². The lowest BCUT2D eigenvalue weighted by Gasteiger charge is -2.29. The summed E-state index contributed by atoms with van der Waals surface area (Å²) < 4.78 is 5.22. The van der Waals surface area contributed by atoms with E-state index in [1.54, 1.807) is 29.2 Å². The maximum Gasteiger partial charge on any atom is 0.290 e. The van der Waals surface area contributed by atoms with E-state index in [0.29, 0.717) is 24.9 Å². The van der Waals surface area contributed by atoms with Crippen LogP contribution in [-0.2, 0) is 9.59 Å². The molecule has 186 valence electrons. The van der Waals surface area contributed by atoms with Gasteiger partial charge in [-0.25, -0.2) is 0 Å². The monoisotopic (exact) mass is 480 g/mol. The predicted molar refractivity (Wildman–Crippen MR) is 130 cm³/mol. The van der Waals surface area contributed by atoms with Crippen LogP contribution in [0.15, 0.2) is 47.1 Å². The largest absolute Gasteiger partial charge is 0.459 e. The molecule has 1 aromatic carbocycles. The molecule has 1 unspecified atom stereocenters. The Bertz CT molecular complexity index is 1090. The van der Waals surface area contributed by atoms with Crippen LogP contribution in [0.3, 0.4) is 0 Å². The molecule has 3 atom stereocenters. The normalized spacial score (nSPS) is 20.2. The standard InChI is InChI=1S/C26H32N4O5/c1-16(2)14-19(27-24(32)17-7-9-18(10-8-17)28(3)4)25(33)29-12-11-20-23(29)21(31)15-30(20)26(34)22-6-5-13-35-22/h5-10,13,16,19-20,23H,11-12,14-15H2,1-4H3,(H,27,32)/t19-,20?,23-/m0/s1. The van der Waals surface area contributed by atoms with Crippen LogP contribution in [0.4, 0.5) is 5.69 Å². The van der Waals surface area contributed by atoms with Crippen molar-refractivity contribution in [1.29, 1.82) is 0 Å². The maximum absolute atomic E-state index is 13.6. The van der Waals surface area contributed by atoms with Gasteiger partial charge >= 0.3 is 0 Å².